The van der Waals surface area contributed by atoms with Gasteiger partial charge in [0.1, 0.15) is 0 Å². The lowest BCUT2D eigenvalue weighted by Crippen LogP contribution is -2.23. The average Bonchev–Trinajstić information content (AvgIpc) is 2.45. The molecule has 0 spiro atoms. The Kier molecular flexibility index (Phi) is 5.86. The third-order valence-electron chi connectivity index (χ3n) is 3.24. The molecule has 3 heteroatoms. The van der Waals surface area contributed by atoms with E-state index in [1.807, 2.05) is 24.0 Å². The number of pyridine rings is 1. The van der Waals surface area contributed by atoms with Crippen molar-refractivity contribution >= 4 is 22.7 Å². The number of nitrogens with one attached hydrogen (secondary N) is 1. The van der Waals surface area contributed by atoms with Crippen LogP contribution in [0.3, 0.4) is 0 Å². The Balaban J connectivity index is 2.22. The van der Waals surface area contributed by atoms with Crippen molar-refractivity contribution in [2.45, 2.75) is 26.8 Å². The van der Waals surface area contributed by atoms with E-state index in [9.17, 15) is 0 Å². The van der Waals surface area contributed by atoms with E-state index >= 15 is 0 Å². The minimum Gasteiger partial charge on any atom is -0.309 e. The molecule has 0 amide bonds. The molecule has 1 unspecified atom stereocenters. The molecule has 0 aliphatic heterocycles. The highest BCUT2D eigenvalue weighted by Crippen LogP contribution is 2.26. The second-order valence-corrected chi connectivity index (χ2v) is 6.53. The molecule has 1 heterocycles. The molecular weight excluding hydrogens is 264 g/mol. The van der Waals surface area contributed by atoms with Crippen molar-refractivity contribution in [1.82, 2.24) is 10.3 Å². The van der Waals surface area contributed by atoms with Gasteiger partial charge in [-0.1, -0.05) is 39.0 Å². The molecule has 1 aromatic carbocycles. The quantitative estimate of drug-likeness (QED) is 0.823. The molecule has 1 aromatic heterocycles. The first-order chi connectivity index (χ1) is 9.72. The van der Waals surface area contributed by atoms with Crippen molar-refractivity contribution in [1.29, 1.82) is 0 Å². The lowest BCUT2D eigenvalue weighted by molar-refractivity contribution is 0.608. The number of fused-ring (bicyclic) bond motifs is 1. The maximum Gasteiger partial charge on any atom is 0.0705 e. The van der Waals surface area contributed by atoms with Gasteiger partial charge in [0.05, 0.1) is 5.52 Å². The SMILES string of the molecule is CCNC(CSCC(C)C)c1cccc2ncccc12. The van der Waals surface area contributed by atoms with Crippen molar-refractivity contribution < 1.29 is 0 Å². The Labute approximate surface area is 126 Å². The first-order valence-electron chi connectivity index (χ1n) is 7.37. The van der Waals surface area contributed by atoms with E-state index in [1.165, 1.54) is 16.7 Å². The van der Waals surface area contributed by atoms with E-state index in [0.717, 1.165) is 23.7 Å². The van der Waals surface area contributed by atoms with Crippen LogP contribution in [0.15, 0.2) is 36.5 Å². The lowest BCUT2D eigenvalue weighted by Gasteiger charge is -2.20. The molecule has 20 heavy (non-hydrogen) atoms. The summed E-state index contributed by atoms with van der Waals surface area (Å²) in [4.78, 5) is 4.46. The molecule has 0 aliphatic carbocycles. The third-order valence-corrected chi connectivity index (χ3v) is 4.71. The Hall–Kier alpha value is -1.06. The van der Waals surface area contributed by atoms with E-state index in [2.05, 4.69) is 55.3 Å². The van der Waals surface area contributed by atoms with Crippen LogP contribution in [0.25, 0.3) is 10.9 Å². The van der Waals surface area contributed by atoms with Crippen LogP contribution in [0.1, 0.15) is 32.4 Å². The van der Waals surface area contributed by atoms with E-state index < -0.39 is 0 Å². The fourth-order valence-electron chi connectivity index (χ4n) is 2.36. The minimum atomic E-state index is 0.400. The summed E-state index contributed by atoms with van der Waals surface area (Å²) in [7, 11) is 0. The van der Waals surface area contributed by atoms with Gasteiger partial charge in [-0.3, -0.25) is 4.98 Å². The molecular formula is C17H24N2S. The molecule has 1 atom stereocenters. The molecule has 0 fully saturated rings. The highest BCUT2D eigenvalue weighted by molar-refractivity contribution is 7.99. The summed E-state index contributed by atoms with van der Waals surface area (Å²) in [6, 6.07) is 11.0. The van der Waals surface area contributed by atoms with Gasteiger partial charge in [-0.25, -0.2) is 0 Å². The van der Waals surface area contributed by atoms with Gasteiger partial charge in [0, 0.05) is 23.4 Å². The third kappa shape index (κ3) is 3.97. The van der Waals surface area contributed by atoms with Gasteiger partial charge >= 0.3 is 0 Å². The van der Waals surface area contributed by atoms with Gasteiger partial charge < -0.3 is 5.32 Å². The van der Waals surface area contributed by atoms with Crippen LogP contribution in [0.2, 0.25) is 0 Å². The van der Waals surface area contributed by atoms with Crippen molar-refractivity contribution in [2.75, 3.05) is 18.1 Å². The number of nitrogens with zero attached hydrogens (tertiary/aromatic N) is 1. The molecule has 1 N–H and O–H groups in total. The normalized spacial score (nSPS) is 13.0. The Morgan fingerprint density at radius 3 is 2.75 bits per heavy atom. The summed E-state index contributed by atoms with van der Waals surface area (Å²) in [6.45, 7) is 7.71. The highest BCUT2D eigenvalue weighted by Gasteiger charge is 2.13. The summed E-state index contributed by atoms with van der Waals surface area (Å²) in [5, 5.41) is 4.89. The second kappa shape index (κ2) is 7.65. The number of thioether (sulfide) groups is 1. The number of hydrogen-bond acceptors (Lipinski definition) is 3. The van der Waals surface area contributed by atoms with Gasteiger partial charge in [-0.05, 0) is 35.9 Å². The zero-order valence-electron chi connectivity index (χ0n) is 12.6. The van der Waals surface area contributed by atoms with E-state index in [4.69, 9.17) is 0 Å². The summed E-state index contributed by atoms with van der Waals surface area (Å²) in [6.07, 6.45) is 1.86. The standard InChI is InChI=1S/C17H24N2S/c1-4-18-17(12-20-11-13(2)3)15-7-5-9-16-14(15)8-6-10-19-16/h5-10,13,17-18H,4,11-12H2,1-3H3. The van der Waals surface area contributed by atoms with Gasteiger partial charge in [0.25, 0.3) is 0 Å². The zero-order chi connectivity index (χ0) is 14.4. The monoisotopic (exact) mass is 288 g/mol. The largest absolute Gasteiger partial charge is 0.309 e. The summed E-state index contributed by atoms with van der Waals surface area (Å²) >= 11 is 2.03. The molecule has 2 nitrogen and oxygen atoms in total. The predicted molar refractivity (Wildman–Crippen MR) is 90.3 cm³/mol. The molecule has 108 valence electrons. The first-order valence-corrected chi connectivity index (χ1v) is 8.52. The minimum absolute atomic E-state index is 0.400. The van der Waals surface area contributed by atoms with Crippen LogP contribution in [-0.2, 0) is 0 Å². The van der Waals surface area contributed by atoms with Crippen LogP contribution >= 0.6 is 11.8 Å². The Morgan fingerprint density at radius 1 is 1.15 bits per heavy atom. The van der Waals surface area contributed by atoms with Gasteiger partial charge in [0.2, 0.25) is 0 Å². The molecule has 0 radical (unpaired) electrons. The van der Waals surface area contributed by atoms with Gasteiger partial charge in [-0.2, -0.15) is 11.8 Å². The highest BCUT2D eigenvalue weighted by atomic mass is 32.2. The number of benzene rings is 1. The van der Waals surface area contributed by atoms with Crippen molar-refractivity contribution in [2.24, 2.45) is 5.92 Å². The fraction of sp³-hybridized carbons (Fsp3) is 0.471. The van der Waals surface area contributed by atoms with Gasteiger partial charge in [0.15, 0.2) is 0 Å². The first kappa shape index (κ1) is 15.3. The van der Waals surface area contributed by atoms with E-state index in [-0.39, 0.29) is 0 Å². The summed E-state index contributed by atoms with van der Waals surface area (Å²) in [5.41, 5.74) is 2.45. The molecule has 0 saturated heterocycles. The van der Waals surface area contributed by atoms with E-state index in [1.54, 1.807) is 0 Å². The van der Waals surface area contributed by atoms with Crippen LogP contribution in [0.5, 0.6) is 0 Å². The van der Waals surface area contributed by atoms with Crippen LogP contribution in [0.4, 0.5) is 0 Å². The summed E-state index contributed by atoms with van der Waals surface area (Å²) < 4.78 is 0. The van der Waals surface area contributed by atoms with E-state index in [0.29, 0.717) is 6.04 Å². The Morgan fingerprint density at radius 2 is 2.00 bits per heavy atom. The molecule has 2 aromatic rings. The fourth-order valence-corrected chi connectivity index (χ4v) is 3.50. The summed E-state index contributed by atoms with van der Waals surface area (Å²) in [5.74, 6) is 3.07. The Bertz CT molecular complexity index is 534. The maximum absolute atomic E-state index is 4.46. The molecule has 2 rings (SSSR count). The second-order valence-electron chi connectivity index (χ2n) is 5.46. The van der Waals surface area contributed by atoms with Crippen LogP contribution in [-0.4, -0.2) is 23.0 Å². The van der Waals surface area contributed by atoms with Crippen molar-refractivity contribution in [3.8, 4) is 0 Å². The number of aromatic nitrogens is 1. The average molecular weight is 288 g/mol. The predicted octanol–water partition coefficient (Wildman–Crippen LogP) is 4.27. The number of rotatable bonds is 7. The maximum atomic E-state index is 4.46. The van der Waals surface area contributed by atoms with Crippen LogP contribution in [0, 0.1) is 5.92 Å². The van der Waals surface area contributed by atoms with Gasteiger partial charge in [-0.15, -0.1) is 0 Å². The smallest absolute Gasteiger partial charge is 0.0705 e. The van der Waals surface area contributed by atoms with Crippen molar-refractivity contribution in [3.63, 3.8) is 0 Å². The topological polar surface area (TPSA) is 24.9 Å². The van der Waals surface area contributed by atoms with Crippen molar-refractivity contribution in [3.05, 3.63) is 42.1 Å². The number of hydrogen-bond donors (Lipinski definition) is 1. The molecule has 0 aliphatic rings. The zero-order valence-corrected chi connectivity index (χ0v) is 13.4. The molecule has 0 saturated carbocycles. The lowest BCUT2D eigenvalue weighted by atomic mass is 10.0. The van der Waals surface area contributed by atoms with Crippen LogP contribution < -0.4 is 5.32 Å². The molecule has 0 bridgehead atoms.